The van der Waals surface area contributed by atoms with E-state index in [1.807, 2.05) is 0 Å². The van der Waals surface area contributed by atoms with Crippen molar-refractivity contribution in [2.75, 3.05) is 0 Å². The molecule has 0 saturated carbocycles. The van der Waals surface area contributed by atoms with Crippen LogP contribution in [0.4, 0.5) is 0 Å². The third-order valence-electron chi connectivity index (χ3n) is 0. The van der Waals surface area contributed by atoms with Gasteiger partial charge in [-0.2, -0.15) is 0 Å². The molecule has 0 amide bonds. The zero-order chi connectivity index (χ0) is 0. The Balaban J connectivity index is 0. The van der Waals surface area contributed by atoms with Gasteiger partial charge in [-0.1, -0.05) is 0 Å². The Labute approximate surface area is 2420 Å². The van der Waals surface area contributed by atoms with Gasteiger partial charge < -0.3 is 68.5 Å². The van der Waals surface area contributed by atoms with Gasteiger partial charge in [0.05, 0.1) is 0 Å². The monoisotopic (exact) mass is 1920 g/mol. The molecule has 0 fully saturated rings. The molecule has 0 spiro atoms. The van der Waals surface area contributed by atoms with E-state index in [9.17, 15) is 0 Å². The Hall–Kier alpha value is 78.5. The van der Waals surface area contributed by atoms with Gasteiger partial charge in [0.1, 0.15) is 0 Å². The molecule has 0 saturated heterocycles. The molecule has 48 heteroatoms. The molecule has 0 heterocycles. The van der Waals surface area contributed by atoms with Crippen LogP contribution in [0, 0.1) is 0 Å². The van der Waals surface area contributed by atoms with Crippen LogP contribution in [0.1, 0.15) is 68.5 Å². The average molecular weight is 1930 g/mol. The fourth-order valence-electron chi connectivity index (χ4n) is 0. The first kappa shape index (κ1) is 323. The molecule has 0 aromatic carbocycles. The molecule has 0 aromatic heterocycles. The minimum atomic E-state index is 0. The van der Waals surface area contributed by atoms with Crippen LogP contribution in [-0.2, 0) is 0 Å². The van der Waals surface area contributed by atoms with Crippen molar-refractivity contribution in [2.24, 2.45) is 0 Å². The van der Waals surface area contributed by atoms with Gasteiger partial charge in [-0.25, -0.2) is 0 Å². The fourth-order valence-corrected chi connectivity index (χ4v) is 0. The van der Waals surface area contributed by atoms with Crippen LogP contribution in [0.25, 0.3) is 0 Å². The van der Waals surface area contributed by atoms with E-state index in [0.29, 0.717) is 0 Å². The zero-order valence-corrected chi connectivity index (χ0v) is 198. The molecule has 0 atom stereocenters. The SMILES string of the molecule is [H-].[H-].[H-].[H-].[H-].[H-].[H-].[H-].[H-].[H-].[H-].[H-].[H-].[H-].[H-].[H-].[H-].[H-].[H-].[H-].[H-].[H-].[H-].[H-].[H-].[H-].[H-].[H-].[H-].[H-].[H-].[H-].[H-].[H-].[H-].[H-].[H-].[H-].[H-].[H-].[H-].[H-].[H-].[H-].[H-].[H-].[H-].[H-].[K+].[K+].[K+].[K+].[K+].[K+].[K+].[K+].[K+].[K+].[K+].[K+].[K+].[K+].[K+].[K+].[K+].[K+].[K+].[K+].[K+].[K+].[K+].[K+].[K+].[K+].[K+].[K+].[K+].[K+].[K+].[K+].[K+].[K+].[K+].[K+].[K+].[K+].[K+].[K+].[K+].[K+].[K+].[K+].[K+].[K+].[K+].[K+]. The van der Waals surface area contributed by atoms with E-state index in [2.05, 4.69) is 0 Å². The number of hydrogen-bond donors (Lipinski definition) is 0. The topological polar surface area (TPSA) is 0 Å². The van der Waals surface area contributed by atoms with Crippen molar-refractivity contribution in [3.05, 3.63) is 0 Å². The largest absolute Gasteiger partial charge is 1.00 e. The van der Waals surface area contributed by atoms with Crippen molar-refractivity contribution in [3.8, 4) is 0 Å². The van der Waals surface area contributed by atoms with Crippen molar-refractivity contribution in [2.45, 2.75) is 0 Å². The maximum Gasteiger partial charge on any atom is 1.00 e. The normalized spacial score (nSPS) is 0. The van der Waals surface area contributed by atoms with Crippen molar-refractivity contribution in [3.63, 3.8) is 0 Å². The molecule has 0 unspecified atom stereocenters. The van der Waals surface area contributed by atoms with Crippen LogP contribution in [0.15, 0.2) is 0 Å². The van der Waals surface area contributed by atoms with Crippen molar-refractivity contribution >= 4 is 0 Å². The van der Waals surface area contributed by atoms with E-state index in [-0.39, 0.29) is 2530 Å². The fraction of sp³-hybridized carbons (Fsp3) is 0. The first-order valence-corrected chi connectivity index (χ1v) is 0. The summed E-state index contributed by atoms with van der Waals surface area (Å²) >= 11 is 0. The second-order valence-corrected chi connectivity index (χ2v) is 0. The molecule has 0 aromatic rings. The molecule has 0 aliphatic heterocycles. The Bertz CT molecular complexity index is 96.0. The summed E-state index contributed by atoms with van der Waals surface area (Å²) in [5, 5.41) is 0. The molecular weight excluding hydrogens is 1880 g/mol. The predicted octanol–water partition coefficient (Wildman–Crippen LogP) is -138. The van der Waals surface area contributed by atoms with Crippen LogP contribution in [0.2, 0.25) is 0 Å². The minimum Gasteiger partial charge on any atom is -1.00 e. The summed E-state index contributed by atoms with van der Waals surface area (Å²) in [5.74, 6) is 0. The molecule has 0 bridgehead atoms. The van der Waals surface area contributed by atoms with E-state index in [4.69, 9.17) is 0 Å². The summed E-state index contributed by atoms with van der Waals surface area (Å²) < 4.78 is 0. The van der Waals surface area contributed by atoms with Gasteiger partial charge in [-0.3, -0.25) is 0 Å². The first-order chi connectivity index (χ1) is 0. The summed E-state index contributed by atoms with van der Waals surface area (Å²) in [5.41, 5.74) is 0. The molecule has 0 aliphatic rings. The van der Waals surface area contributed by atoms with Crippen LogP contribution in [-0.4, -0.2) is 0 Å². The van der Waals surface area contributed by atoms with Gasteiger partial charge >= 0.3 is 2470 Å². The Morgan fingerprint density at radius 1 is 0.0417 bits per heavy atom. The standard InChI is InChI=1S/48K.48H/q48*+1;48*-1. The van der Waals surface area contributed by atoms with Crippen molar-refractivity contribution in [1.82, 2.24) is 0 Å². The van der Waals surface area contributed by atoms with E-state index < -0.39 is 0 Å². The zero-order valence-electron chi connectivity index (χ0n) is 96.0. The summed E-state index contributed by atoms with van der Waals surface area (Å²) in [7, 11) is 0. The number of hydrogen-bond acceptors (Lipinski definition) is 0. The minimum absolute atomic E-state index is 0. The Morgan fingerprint density at radius 3 is 0.0417 bits per heavy atom. The van der Waals surface area contributed by atoms with E-state index >= 15 is 0 Å². The van der Waals surface area contributed by atoms with Gasteiger partial charge in [0.25, 0.3) is 0 Å². The van der Waals surface area contributed by atoms with Crippen molar-refractivity contribution < 1.29 is 2530 Å². The number of rotatable bonds is 0. The summed E-state index contributed by atoms with van der Waals surface area (Å²) in [6, 6.07) is 0. The first-order valence-electron chi connectivity index (χ1n) is 0. The Kier molecular flexibility index (Phi) is 2130. The quantitative estimate of drug-likeness (QED) is 0.212. The predicted molar refractivity (Wildman–Crippen MR) is 53.4 cm³/mol. The summed E-state index contributed by atoms with van der Waals surface area (Å²) in [4.78, 5) is 0. The van der Waals surface area contributed by atoms with Crippen LogP contribution < -0.4 is 2470 Å². The smallest absolute Gasteiger partial charge is 1.00 e. The third-order valence-corrected chi connectivity index (χ3v) is 0. The molecule has 0 rings (SSSR count). The van der Waals surface area contributed by atoms with Gasteiger partial charge in [0, 0.05) is 0 Å². The molecule has 48 heavy (non-hydrogen) atoms. The maximum atomic E-state index is 0. The van der Waals surface area contributed by atoms with Crippen LogP contribution in [0.3, 0.4) is 0 Å². The molecule has 0 radical (unpaired) electrons. The second kappa shape index (κ2) is 316. The second-order valence-electron chi connectivity index (χ2n) is 0. The Morgan fingerprint density at radius 2 is 0.0417 bits per heavy atom. The van der Waals surface area contributed by atoms with Gasteiger partial charge in [-0.15, -0.1) is 0 Å². The molecular formula is H48K48. The average Bonchev–Trinajstić information content (AvgIpc) is 0. The van der Waals surface area contributed by atoms with Gasteiger partial charge in [0.2, 0.25) is 0 Å². The van der Waals surface area contributed by atoms with Crippen LogP contribution >= 0.6 is 0 Å². The van der Waals surface area contributed by atoms with Gasteiger partial charge in [0.15, 0.2) is 0 Å². The van der Waals surface area contributed by atoms with E-state index in [0.717, 1.165) is 0 Å². The van der Waals surface area contributed by atoms with E-state index in [1.165, 1.54) is 0 Å². The maximum absolute atomic E-state index is 0. The molecule has 96 valence electrons. The molecule has 0 nitrogen and oxygen atoms in total. The van der Waals surface area contributed by atoms with Crippen LogP contribution in [0.5, 0.6) is 0 Å². The molecule has 0 aliphatic carbocycles. The summed E-state index contributed by atoms with van der Waals surface area (Å²) in [6.45, 7) is 0. The van der Waals surface area contributed by atoms with E-state index in [1.54, 1.807) is 0 Å². The van der Waals surface area contributed by atoms with Gasteiger partial charge in [-0.05, 0) is 0 Å². The third kappa shape index (κ3) is 308. The molecule has 0 N–H and O–H groups in total. The summed E-state index contributed by atoms with van der Waals surface area (Å²) in [6.07, 6.45) is 0. The van der Waals surface area contributed by atoms with Crippen molar-refractivity contribution in [1.29, 1.82) is 0 Å².